The van der Waals surface area contributed by atoms with Gasteiger partial charge in [-0.3, -0.25) is 0 Å². The monoisotopic (exact) mass is 191 g/mol. The van der Waals surface area contributed by atoms with Gasteiger partial charge < -0.3 is 5.73 Å². The molecule has 0 bridgehead atoms. The first-order valence-corrected chi connectivity index (χ1v) is 5.50. The molecule has 0 aromatic heterocycles. The molecule has 0 amide bonds. The first-order chi connectivity index (χ1) is 6.72. The Balaban J connectivity index is 2.46. The minimum absolute atomic E-state index is 0.741. The maximum absolute atomic E-state index is 5.50. The van der Waals surface area contributed by atoms with Gasteiger partial charge in [-0.1, -0.05) is 38.1 Å². The maximum atomic E-state index is 5.50. The molecule has 0 saturated heterocycles. The number of rotatable bonds is 5. The standard InChI is InChI=1S/C13H21N/c1-11(2)3-4-12-5-7-13(8-6-12)9-10-14/h5-8,11H,3-4,9-10,14H2,1-2H3. The molecule has 14 heavy (non-hydrogen) atoms. The second-order valence-corrected chi connectivity index (χ2v) is 4.29. The molecule has 0 fully saturated rings. The van der Waals surface area contributed by atoms with E-state index in [2.05, 4.69) is 38.1 Å². The SMILES string of the molecule is CC(C)CCc1ccc(CCN)cc1. The van der Waals surface area contributed by atoms with Gasteiger partial charge in [0.2, 0.25) is 0 Å². The van der Waals surface area contributed by atoms with Gasteiger partial charge in [0.1, 0.15) is 0 Å². The highest BCUT2D eigenvalue weighted by atomic mass is 14.5. The van der Waals surface area contributed by atoms with Crippen LogP contribution in [-0.4, -0.2) is 6.54 Å². The van der Waals surface area contributed by atoms with Crippen molar-refractivity contribution >= 4 is 0 Å². The molecule has 0 aliphatic rings. The van der Waals surface area contributed by atoms with Crippen LogP contribution in [0.1, 0.15) is 31.4 Å². The molecule has 78 valence electrons. The van der Waals surface area contributed by atoms with E-state index in [1.54, 1.807) is 0 Å². The third-order valence-corrected chi connectivity index (χ3v) is 2.47. The second kappa shape index (κ2) is 5.82. The molecule has 1 nitrogen and oxygen atoms in total. The molecule has 0 aliphatic heterocycles. The summed E-state index contributed by atoms with van der Waals surface area (Å²) in [6.07, 6.45) is 3.46. The Bertz CT molecular complexity index is 248. The van der Waals surface area contributed by atoms with Gasteiger partial charge in [-0.05, 0) is 42.9 Å². The van der Waals surface area contributed by atoms with E-state index < -0.39 is 0 Å². The number of nitrogens with two attached hydrogens (primary N) is 1. The van der Waals surface area contributed by atoms with Crippen molar-refractivity contribution in [3.8, 4) is 0 Å². The van der Waals surface area contributed by atoms with Crippen LogP contribution >= 0.6 is 0 Å². The van der Waals surface area contributed by atoms with Crippen LogP contribution in [0, 0.1) is 5.92 Å². The van der Waals surface area contributed by atoms with Gasteiger partial charge in [-0.25, -0.2) is 0 Å². The van der Waals surface area contributed by atoms with E-state index in [0.717, 1.165) is 18.9 Å². The van der Waals surface area contributed by atoms with Crippen LogP contribution in [0.25, 0.3) is 0 Å². The smallest absolute Gasteiger partial charge is 0.00367 e. The number of benzene rings is 1. The molecule has 0 saturated carbocycles. The Kier molecular flexibility index (Phi) is 4.68. The lowest BCUT2D eigenvalue weighted by atomic mass is 10.0. The topological polar surface area (TPSA) is 26.0 Å². The number of aryl methyl sites for hydroxylation is 1. The van der Waals surface area contributed by atoms with E-state index in [4.69, 9.17) is 5.73 Å². The third kappa shape index (κ3) is 3.93. The van der Waals surface area contributed by atoms with Crippen molar-refractivity contribution < 1.29 is 0 Å². The van der Waals surface area contributed by atoms with Crippen molar-refractivity contribution in [1.82, 2.24) is 0 Å². The van der Waals surface area contributed by atoms with Crippen molar-refractivity contribution in [1.29, 1.82) is 0 Å². The Morgan fingerprint density at radius 2 is 1.50 bits per heavy atom. The average molecular weight is 191 g/mol. The molecule has 1 heteroatoms. The number of hydrogen-bond acceptors (Lipinski definition) is 1. The van der Waals surface area contributed by atoms with Crippen LogP contribution in [0.15, 0.2) is 24.3 Å². The van der Waals surface area contributed by atoms with E-state index in [9.17, 15) is 0 Å². The fraction of sp³-hybridized carbons (Fsp3) is 0.538. The fourth-order valence-electron chi connectivity index (χ4n) is 1.49. The van der Waals surface area contributed by atoms with Gasteiger partial charge in [0.25, 0.3) is 0 Å². The van der Waals surface area contributed by atoms with Crippen LogP contribution in [0.5, 0.6) is 0 Å². The zero-order valence-corrected chi connectivity index (χ0v) is 9.29. The van der Waals surface area contributed by atoms with E-state index in [1.165, 1.54) is 24.0 Å². The van der Waals surface area contributed by atoms with Crippen molar-refractivity contribution in [2.45, 2.75) is 33.1 Å². The van der Waals surface area contributed by atoms with E-state index in [-0.39, 0.29) is 0 Å². The van der Waals surface area contributed by atoms with Gasteiger partial charge in [-0.2, -0.15) is 0 Å². The van der Waals surface area contributed by atoms with E-state index >= 15 is 0 Å². The molecule has 0 heterocycles. The summed E-state index contributed by atoms with van der Waals surface area (Å²) in [5.41, 5.74) is 8.29. The lowest BCUT2D eigenvalue weighted by molar-refractivity contribution is 0.586. The van der Waals surface area contributed by atoms with Crippen LogP contribution in [0.3, 0.4) is 0 Å². The van der Waals surface area contributed by atoms with Gasteiger partial charge in [0.15, 0.2) is 0 Å². The summed E-state index contributed by atoms with van der Waals surface area (Å²) in [4.78, 5) is 0. The Morgan fingerprint density at radius 1 is 1.00 bits per heavy atom. The zero-order valence-electron chi connectivity index (χ0n) is 9.29. The Hall–Kier alpha value is -0.820. The Morgan fingerprint density at radius 3 is 1.93 bits per heavy atom. The molecule has 0 aliphatic carbocycles. The van der Waals surface area contributed by atoms with E-state index in [1.807, 2.05) is 0 Å². The molecule has 0 spiro atoms. The van der Waals surface area contributed by atoms with Crippen molar-refractivity contribution in [3.05, 3.63) is 35.4 Å². The van der Waals surface area contributed by atoms with Crippen LogP contribution in [0.4, 0.5) is 0 Å². The largest absolute Gasteiger partial charge is 0.330 e. The summed E-state index contributed by atoms with van der Waals surface area (Å²) < 4.78 is 0. The first kappa shape index (κ1) is 11.3. The molecule has 0 atom stereocenters. The predicted molar refractivity (Wildman–Crippen MR) is 62.4 cm³/mol. The van der Waals surface area contributed by atoms with Gasteiger partial charge in [0, 0.05) is 0 Å². The second-order valence-electron chi connectivity index (χ2n) is 4.29. The van der Waals surface area contributed by atoms with Gasteiger partial charge in [0.05, 0.1) is 0 Å². The molecule has 2 N–H and O–H groups in total. The van der Waals surface area contributed by atoms with Crippen LogP contribution in [0.2, 0.25) is 0 Å². The van der Waals surface area contributed by atoms with E-state index in [0.29, 0.717) is 0 Å². The molecule has 1 aromatic carbocycles. The van der Waals surface area contributed by atoms with Crippen molar-refractivity contribution in [2.24, 2.45) is 11.7 Å². The maximum Gasteiger partial charge on any atom is -0.00367 e. The minimum Gasteiger partial charge on any atom is -0.330 e. The highest BCUT2D eigenvalue weighted by Gasteiger charge is 1.97. The summed E-state index contributed by atoms with van der Waals surface area (Å²) in [5, 5.41) is 0. The predicted octanol–water partition coefficient (Wildman–Crippen LogP) is 2.78. The zero-order chi connectivity index (χ0) is 10.4. The fourth-order valence-corrected chi connectivity index (χ4v) is 1.49. The minimum atomic E-state index is 0.741. The molecule has 1 aromatic rings. The summed E-state index contributed by atoms with van der Waals surface area (Å²) in [6, 6.07) is 8.85. The molecular weight excluding hydrogens is 170 g/mol. The molecular formula is C13H21N. The highest BCUT2D eigenvalue weighted by molar-refractivity contribution is 5.22. The van der Waals surface area contributed by atoms with Gasteiger partial charge in [-0.15, -0.1) is 0 Å². The van der Waals surface area contributed by atoms with Gasteiger partial charge >= 0.3 is 0 Å². The van der Waals surface area contributed by atoms with Crippen LogP contribution in [-0.2, 0) is 12.8 Å². The molecule has 0 radical (unpaired) electrons. The summed E-state index contributed by atoms with van der Waals surface area (Å²) in [6.45, 7) is 5.27. The third-order valence-electron chi connectivity index (χ3n) is 2.47. The lowest BCUT2D eigenvalue weighted by Crippen LogP contribution is -2.02. The highest BCUT2D eigenvalue weighted by Crippen LogP contribution is 2.10. The molecule has 0 unspecified atom stereocenters. The van der Waals surface area contributed by atoms with Crippen molar-refractivity contribution in [3.63, 3.8) is 0 Å². The summed E-state index contributed by atoms with van der Waals surface area (Å²) in [7, 11) is 0. The van der Waals surface area contributed by atoms with Crippen LogP contribution < -0.4 is 5.73 Å². The quantitative estimate of drug-likeness (QED) is 0.761. The average Bonchev–Trinajstić information content (AvgIpc) is 2.17. The number of hydrogen-bond donors (Lipinski definition) is 1. The lowest BCUT2D eigenvalue weighted by Gasteiger charge is -2.05. The first-order valence-electron chi connectivity index (χ1n) is 5.50. The summed E-state index contributed by atoms with van der Waals surface area (Å²) >= 11 is 0. The normalized spacial score (nSPS) is 10.9. The van der Waals surface area contributed by atoms with Crippen molar-refractivity contribution in [2.75, 3.05) is 6.54 Å². The Labute approximate surface area is 87.3 Å². The summed E-state index contributed by atoms with van der Waals surface area (Å²) in [5.74, 6) is 0.790. The molecule has 1 rings (SSSR count).